The molecule has 2 heterocycles. The molecule has 0 spiro atoms. The van der Waals surface area contributed by atoms with Gasteiger partial charge in [-0.05, 0) is 48.5 Å². The van der Waals surface area contributed by atoms with Gasteiger partial charge in [-0.15, -0.1) is 0 Å². The van der Waals surface area contributed by atoms with Crippen LogP contribution >= 0.6 is 11.6 Å². The number of nitrogens with zero attached hydrogens (tertiary/aromatic N) is 2. The van der Waals surface area contributed by atoms with Gasteiger partial charge in [0.05, 0.1) is 13.2 Å². The standard InChI is InChI=1S/C22H21ClN2O3/c23-17-4-6-18(7-5-17)27-19-8-9-21(16(13-19)15-26)25-12-10-20(14-25)28-22-3-1-2-11-24-22/h1-9,11,13,20,26H,10,12,14-15H2/t20-/m0/s1. The fourth-order valence-corrected chi connectivity index (χ4v) is 3.46. The number of aliphatic hydroxyl groups excluding tert-OH is 1. The second kappa shape index (κ2) is 8.50. The van der Waals surface area contributed by atoms with E-state index in [2.05, 4.69) is 9.88 Å². The lowest BCUT2D eigenvalue weighted by Crippen LogP contribution is -2.25. The Morgan fingerprint density at radius 2 is 1.89 bits per heavy atom. The molecule has 5 nitrogen and oxygen atoms in total. The van der Waals surface area contributed by atoms with Crippen molar-refractivity contribution < 1.29 is 14.6 Å². The SMILES string of the molecule is OCc1cc(Oc2ccc(Cl)cc2)ccc1N1CC[C@H](Oc2ccccn2)C1. The number of hydrogen-bond donors (Lipinski definition) is 1. The molecule has 1 atom stereocenters. The van der Waals surface area contributed by atoms with E-state index in [9.17, 15) is 5.11 Å². The third-order valence-electron chi connectivity index (χ3n) is 4.68. The molecule has 1 saturated heterocycles. The van der Waals surface area contributed by atoms with Crippen LogP contribution < -0.4 is 14.4 Å². The normalized spacial score (nSPS) is 16.2. The highest BCUT2D eigenvalue weighted by Gasteiger charge is 2.26. The maximum absolute atomic E-state index is 9.87. The summed E-state index contributed by atoms with van der Waals surface area (Å²) in [4.78, 5) is 6.45. The average molecular weight is 397 g/mol. The van der Waals surface area contributed by atoms with E-state index in [4.69, 9.17) is 21.1 Å². The van der Waals surface area contributed by atoms with Gasteiger partial charge in [0.2, 0.25) is 5.88 Å². The van der Waals surface area contributed by atoms with Crippen LogP contribution in [0, 0.1) is 0 Å². The molecule has 0 bridgehead atoms. The molecule has 1 N–H and O–H groups in total. The van der Waals surface area contributed by atoms with Gasteiger partial charge in [-0.25, -0.2) is 4.98 Å². The molecule has 6 heteroatoms. The Balaban J connectivity index is 1.45. The summed E-state index contributed by atoms with van der Waals surface area (Å²) in [6.07, 6.45) is 2.71. The van der Waals surface area contributed by atoms with E-state index in [-0.39, 0.29) is 12.7 Å². The molecule has 4 rings (SSSR count). The molecule has 2 aromatic carbocycles. The van der Waals surface area contributed by atoms with Crippen molar-refractivity contribution in [2.75, 3.05) is 18.0 Å². The fraction of sp³-hybridized carbons (Fsp3) is 0.227. The molecule has 0 radical (unpaired) electrons. The maximum Gasteiger partial charge on any atom is 0.213 e. The summed E-state index contributed by atoms with van der Waals surface area (Å²) in [7, 11) is 0. The lowest BCUT2D eigenvalue weighted by atomic mass is 10.1. The third-order valence-corrected chi connectivity index (χ3v) is 4.93. The van der Waals surface area contributed by atoms with Gasteiger partial charge in [0.1, 0.15) is 17.6 Å². The van der Waals surface area contributed by atoms with Crippen molar-refractivity contribution in [3.05, 3.63) is 77.4 Å². The van der Waals surface area contributed by atoms with E-state index >= 15 is 0 Å². The first-order valence-corrected chi connectivity index (χ1v) is 9.59. The van der Waals surface area contributed by atoms with Gasteiger partial charge in [0.15, 0.2) is 0 Å². The molecule has 0 amide bonds. The molecule has 144 valence electrons. The van der Waals surface area contributed by atoms with E-state index in [0.717, 1.165) is 30.8 Å². The lowest BCUT2D eigenvalue weighted by Gasteiger charge is -2.22. The fourth-order valence-electron chi connectivity index (χ4n) is 3.33. The van der Waals surface area contributed by atoms with Crippen molar-refractivity contribution in [2.45, 2.75) is 19.1 Å². The maximum atomic E-state index is 9.87. The third kappa shape index (κ3) is 4.38. The molecule has 1 aromatic heterocycles. The van der Waals surface area contributed by atoms with Crippen LogP contribution in [-0.4, -0.2) is 29.3 Å². The number of aliphatic hydroxyl groups is 1. The Bertz CT molecular complexity index is 919. The van der Waals surface area contributed by atoms with Gasteiger partial charge in [-0.3, -0.25) is 0 Å². The quantitative estimate of drug-likeness (QED) is 0.655. The molecule has 0 unspecified atom stereocenters. The van der Waals surface area contributed by atoms with Crippen molar-refractivity contribution in [1.82, 2.24) is 4.98 Å². The van der Waals surface area contributed by atoms with Gasteiger partial charge in [0, 0.05) is 41.5 Å². The van der Waals surface area contributed by atoms with Gasteiger partial charge in [0.25, 0.3) is 0 Å². The first-order chi connectivity index (χ1) is 13.7. The molecule has 3 aromatic rings. The molecule has 28 heavy (non-hydrogen) atoms. The summed E-state index contributed by atoms with van der Waals surface area (Å²) in [6, 6.07) is 18.6. The van der Waals surface area contributed by atoms with Crippen LogP contribution in [0.2, 0.25) is 5.02 Å². The molecule has 1 aliphatic heterocycles. The summed E-state index contributed by atoms with van der Waals surface area (Å²) in [5.74, 6) is 2.02. The highest BCUT2D eigenvalue weighted by atomic mass is 35.5. The van der Waals surface area contributed by atoms with Crippen LogP contribution in [0.4, 0.5) is 5.69 Å². The van der Waals surface area contributed by atoms with Crippen molar-refractivity contribution >= 4 is 17.3 Å². The molecule has 1 aliphatic rings. The highest BCUT2D eigenvalue weighted by molar-refractivity contribution is 6.30. The van der Waals surface area contributed by atoms with E-state index < -0.39 is 0 Å². The molecule has 0 aliphatic carbocycles. The predicted molar refractivity (Wildman–Crippen MR) is 109 cm³/mol. The Hall–Kier alpha value is -2.76. The van der Waals surface area contributed by atoms with Crippen molar-refractivity contribution in [3.63, 3.8) is 0 Å². The summed E-state index contributed by atoms with van der Waals surface area (Å²) < 4.78 is 11.8. The van der Waals surface area contributed by atoms with Crippen LogP contribution in [0.3, 0.4) is 0 Å². The number of anilines is 1. The second-order valence-electron chi connectivity index (χ2n) is 6.65. The number of aromatic nitrogens is 1. The van der Waals surface area contributed by atoms with E-state index in [1.165, 1.54) is 0 Å². The van der Waals surface area contributed by atoms with Crippen LogP contribution in [-0.2, 0) is 6.61 Å². The Labute approximate surface area is 169 Å². The summed E-state index contributed by atoms with van der Waals surface area (Å²) in [5, 5.41) is 10.5. The van der Waals surface area contributed by atoms with E-state index in [1.807, 2.05) is 48.5 Å². The van der Waals surface area contributed by atoms with Crippen LogP contribution in [0.1, 0.15) is 12.0 Å². The summed E-state index contributed by atoms with van der Waals surface area (Å²) in [5.41, 5.74) is 1.82. The minimum absolute atomic E-state index is 0.0601. The number of rotatable bonds is 6. The van der Waals surface area contributed by atoms with Gasteiger partial charge < -0.3 is 19.5 Å². The number of benzene rings is 2. The first kappa shape index (κ1) is 18.6. The second-order valence-corrected chi connectivity index (χ2v) is 7.08. The molecule has 1 fully saturated rings. The number of pyridine rings is 1. The summed E-state index contributed by atoms with van der Waals surface area (Å²) in [6.45, 7) is 1.55. The first-order valence-electron chi connectivity index (χ1n) is 9.21. The Kier molecular flexibility index (Phi) is 5.65. The van der Waals surface area contributed by atoms with Crippen LogP contribution in [0.5, 0.6) is 17.4 Å². The smallest absolute Gasteiger partial charge is 0.213 e. The molecular weight excluding hydrogens is 376 g/mol. The minimum atomic E-state index is -0.0601. The number of halogens is 1. The van der Waals surface area contributed by atoms with Crippen LogP contribution in [0.15, 0.2) is 66.9 Å². The topological polar surface area (TPSA) is 54.8 Å². The molecule has 0 saturated carbocycles. The predicted octanol–water partition coefficient (Wildman–Crippen LogP) is 4.68. The average Bonchev–Trinajstić information content (AvgIpc) is 3.18. The highest BCUT2D eigenvalue weighted by Crippen LogP contribution is 2.31. The largest absolute Gasteiger partial charge is 0.472 e. The van der Waals surface area contributed by atoms with Gasteiger partial charge >= 0.3 is 0 Å². The van der Waals surface area contributed by atoms with Gasteiger partial charge in [-0.2, -0.15) is 0 Å². The zero-order valence-corrected chi connectivity index (χ0v) is 16.0. The van der Waals surface area contributed by atoms with Crippen molar-refractivity contribution in [1.29, 1.82) is 0 Å². The monoisotopic (exact) mass is 396 g/mol. The van der Waals surface area contributed by atoms with Crippen molar-refractivity contribution in [3.8, 4) is 17.4 Å². The summed E-state index contributed by atoms with van der Waals surface area (Å²) >= 11 is 5.91. The number of hydrogen-bond acceptors (Lipinski definition) is 5. The minimum Gasteiger partial charge on any atom is -0.472 e. The van der Waals surface area contributed by atoms with E-state index in [0.29, 0.717) is 22.4 Å². The Morgan fingerprint density at radius 1 is 1.07 bits per heavy atom. The Morgan fingerprint density at radius 3 is 2.64 bits per heavy atom. The number of ether oxygens (including phenoxy) is 2. The lowest BCUT2D eigenvalue weighted by molar-refractivity contribution is 0.216. The van der Waals surface area contributed by atoms with E-state index in [1.54, 1.807) is 18.3 Å². The zero-order chi connectivity index (χ0) is 19.3. The zero-order valence-electron chi connectivity index (χ0n) is 15.3. The molecular formula is C22H21ClN2O3. The van der Waals surface area contributed by atoms with Crippen molar-refractivity contribution in [2.24, 2.45) is 0 Å². The van der Waals surface area contributed by atoms with Gasteiger partial charge in [-0.1, -0.05) is 17.7 Å². The van der Waals surface area contributed by atoms with Crippen LogP contribution in [0.25, 0.3) is 0 Å².